The first-order valence-corrected chi connectivity index (χ1v) is 9.33. The van der Waals surface area contributed by atoms with Crippen LogP contribution in [0.15, 0.2) is 35.3 Å². The lowest BCUT2D eigenvalue weighted by atomic mass is 9.97. The van der Waals surface area contributed by atoms with Crippen molar-refractivity contribution in [3.8, 4) is 0 Å². The van der Waals surface area contributed by atoms with E-state index in [0.717, 1.165) is 37.9 Å². The lowest BCUT2D eigenvalue weighted by Gasteiger charge is -2.38. The molecule has 1 aromatic rings. The molecule has 0 radical (unpaired) electrons. The van der Waals surface area contributed by atoms with E-state index in [1.54, 1.807) is 0 Å². The molecule has 1 aliphatic rings. The minimum atomic E-state index is 0.511. The first-order chi connectivity index (χ1) is 11.6. The fraction of sp³-hybridized carbons (Fsp3) is 0.650. The molecule has 2 N–H and O–H groups in total. The van der Waals surface area contributed by atoms with Gasteiger partial charge in [-0.3, -0.25) is 9.89 Å². The molecule has 1 aliphatic heterocycles. The summed E-state index contributed by atoms with van der Waals surface area (Å²) in [5.74, 6) is 1.67. The van der Waals surface area contributed by atoms with E-state index in [2.05, 4.69) is 71.6 Å². The Kier molecular flexibility index (Phi) is 7.57. The standard InChI is InChI=1S/C20H34N4/c1-16(2)10-12-22-20(21-4)23-19-11-13-24(17(3)14-19)15-18-8-6-5-7-9-18/h5-9,16-17,19H,10-15H2,1-4H3,(H2,21,22,23). The Morgan fingerprint density at radius 2 is 2.04 bits per heavy atom. The SMILES string of the molecule is CN=C(NCCC(C)C)NC1CCN(Cc2ccccc2)C(C)C1. The molecule has 1 heterocycles. The maximum absolute atomic E-state index is 4.37. The summed E-state index contributed by atoms with van der Waals surface area (Å²) in [5.41, 5.74) is 1.40. The van der Waals surface area contributed by atoms with Crippen molar-refractivity contribution in [2.45, 2.75) is 58.7 Å². The van der Waals surface area contributed by atoms with Gasteiger partial charge in [-0.15, -0.1) is 0 Å². The van der Waals surface area contributed by atoms with E-state index in [-0.39, 0.29) is 0 Å². The lowest BCUT2D eigenvalue weighted by molar-refractivity contribution is 0.134. The van der Waals surface area contributed by atoms with E-state index in [0.29, 0.717) is 12.1 Å². The van der Waals surface area contributed by atoms with Crippen LogP contribution < -0.4 is 10.6 Å². The molecule has 2 rings (SSSR count). The largest absolute Gasteiger partial charge is 0.356 e. The van der Waals surface area contributed by atoms with Gasteiger partial charge < -0.3 is 10.6 Å². The Morgan fingerprint density at radius 3 is 2.67 bits per heavy atom. The van der Waals surface area contributed by atoms with Crippen molar-refractivity contribution in [2.24, 2.45) is 10.9 Å². The zero-order chi connectivity index (χ0) is 17.4. The Balaban J connectivity index is 1.77. The highest BCUT2D eigenvalue weighted by atomic mass is 15.2. The van der Waals surface area contributed by atoms with Gasteiger partial charge in [0.15, 0.2) is 5.96 Å². The second kappa shape index (κ2) is 9.67. The number of nitrogens with zero attached hydrogens (tertiary/aromatic N) is 2. The second-order valence-electron chi connectivity index (χ2n) is 7.35. The number of hydrogen-bond acceptors (Lipinski definition) is 2. The molecule has 0 amide bonds. The molecule has 4 nitrogen and oxygen atoms in total. The van der Waals surface area contributed by atoms with Crippen LogP contribution in [0.25, 0.3) is 0 Å². The zero-order valence-electron chi connectivity index (χ0n) is 15.8. The fourth-order valence-corrected chi connectivity index (χ4v) is 3.27. The second-order valence-corrected chi connectivity index (χ2v) is 7.35. The number of hydrogen-bond donors (Lipinski definition) is 2. The van der Waals surface area contributed by atoms with E-state index in [9.17, 15) is 0 Å². The van der Waals surface area contributed by atoms with Crippen molar-refractivity contribution < 1.29 is 0 Å². The van der Waals surface area contributed by atoms with Gasteiger partial charge in [-0.2, -0.15) is 0 Å². The van der Waals surface area contributed by atoms with Crippen LogP contribution in [-0.4, -0.2) is 43.1 Å². The smallest absolute Gasteiger partial charge is 0.191 e. The first-order valence-electron chi connectivity index (χ1n) is 9.33. The van der Waals surface area contributed by atoms with Crippen LogP contribution in [0, 0.1) is 5.92 Å². The summed E-state index contributed by atoms with van der Waals surface area (Å²) in [5, 5.41) is 7.05. The van der Waals surface area contributed by atoms with Crippen LogP contribution in [0.1, 0.15) is 45.6 Å². The molecule has 0 saturated carbocycles. The number of nitrogens with one attached hydrogen (secondary N) is 2. The topological polar surface area (TPSA) is 39.7 Å². The Bertz CT molecular complexity index is 498. The molecule has 0 bridgehead atoms. The van der Waals surface area contributed by atoms with Gasteiger partial charge in [0.1, 0.15) is 0 Å². The summed E-state index contributed by atoms with van der Waals surface area (Å²) in [4.78, 5) is 6.96. The van der Waals surface area contributed by atoms with Crippen molar-refractivity contribution in [1.82, 2.24) is 15.5 Å². The first kappa shape index (κ1) is 18.8. The summed E-state index contributed by atoms with van der Waals surface area (Å²) >= 11 is 0. The molecular weight excluding hydrogens is 296 g/mol. The van der Waals surface area contributed by atoms with Crippen molar-refractivity contribution in [3.05, 3.63) is 35.9 Å². The van der Waals surface area contributed by atoms with E-state index in [1.165, 1.54) is 18.4 Å². The maximum atomic E-state index is 4.37. The summed E-state index contributed by atoms with van der Waals surface area (Å²) in [6, 6.07) is 11.9. The summed E-state index contributed by atoms with van der Waals surface area (Å²) in [7, 11) is 1.86. The number of rotatable bonds is 6. The van der Waals surface area contributed by atoms with E-state index >= 15 is 0 Å². The van der Waals surface area contributed by atoms with Crippen LogP contribution in [0.2, 0.25) is 0 Å². The van der Waals surface area contributed by atoms with Gasteiger partial charge in [-0.05, 0) is 37.7 Å². The molecule has 0 aliphatic carbocycles. The number of benzene rings is 1. The Labute approximate surface area is 147 Å². The molecular formula is C20H34N4. The van der Waals surface area contributed by atoms with Gasteiger partial charge in [0.05, 0.1) is 0 Å². The van der Waals surface area contributed by atoms with Crippen LogP contribution in [0.4, 0.5) is 0 Å². The van der Waals surface area contributed by atoms with Crippen LogP contribution in [0.5, 0.6) is 0 Å². The summed E-state index contributed by atoms with van der Waals surface area (Å²) < 4.78 is 0. The van der Waals surface area contributed by atoms with E-state index in [1.807, 2.05) is 7.05 Å². The molecule has 0 spiro atoms. The van der Waals surface area contributed by atoms with E-state index < -0.39 is 0 Å². The lowest BCUT2D eigenvalue weighted by Crippen LogP contribution is -2.51. The minimum Gasteiger partial charge on any atom is -0.356 e. The predicted molar refractivity (Wildman–Crippen MR) is 103 cm³/mol. The summed E-state index contributed by atoms with van der Waals surface area (Å²) in [6.45, 7) is 10.0. The number of likely N-dealkylation sites (tertiary alicyclic amines) is 1. The number of piperidine rings is 1. The molecule has 1 aromatic carbocycles. The normalized spacial score (nSPS) is 22.6. The number of guanidine groups is 1. The van der Waals surface area contributed by atoms with Crippen molar-refractivity contribution in [2.75, 3.05) is 20.1 Å². The zero-order valence-corrected chi connectivity index (χ0v) is 15.8. The number of aliphatic imine (C=N–C) groups is 1. The van der Waals surface area contributed by atoms with Gasteiger partial charge in [0.2, 0.25) is 0 Å². The molecule has 0 aromatic heterocycles. The molecule has 2 unspecified atom stereocenters. The molecule has 1 saturated heterocycles. The monoisotopic (exact) mass is 330 g/mol. The van der Waals surface area contributed by atoms with Crippen LogP contribution >= 0.6 is 0 Å². The Hall–Kier alpha value is -1.55. The average Bonchev–Trinajstić information content (AvgIpc) is 2.57. The van der Waals surface area contributed by atoms with Crippen molar-refractivity contribution >= 4 is 5.96 Å². The highest BCUT2D eigenvalue weighted by Crippen LogP contribution is 2.19. The van der Waals surface area contributed by atoms with Gasteiger partial charge in [0.25, 0.3) is 0 Å². The minimum absolute atomic E-state index is 0.511. The van der Waals surface area contributed by atoms with Crippen LogP contribution in [-0.2, 0) is 6.54 Å². The quantitative estimate of drug-likeness (QED) is 0.621. The highest BCUT2D eigenvalue weighted by molar-refractivity contribution is 5.79. The third kappa shape index (κ3) is 6.16. The molecule has 24 heavy (non-hydrogen) atoms. The fourth-order valence-electron chi connectivity index (χ4n) is 3.27. The van der Waals surface area contributed by atoms with Crippen molar-refractivity contribution in [3.63, 3.8) is 0 Å². The van der Waals surface area contributed by atoms with E-state index in [4.69, 9.17) is 0 Å². The third-order valence-electron chi connectivity index (χ3n) is 4.82. The summed E-state index contributed by atoms with van der Waals surface area (Å²) in [6.07, 6.45) is 3.51. The Morgan fingerprint density at radius 1 is 1.29 bits per heavy atom. The van der Waals surface area contributed by atoms with Gasteiger partial charge in [0, 0.05) is 38.8 Å². The molecule has 134 valence electrons. The van der Waals surface area contributed by atoms with Crippen LogP contribution in [0.3, 0.4) is 0 Å². The predicted octanol–water partition coefficient (Wildman–Crippen LogP) is 3.25. The third-order valence-corrected chi connectivity index (χ3v) is 4.82. The van der Waals surface area contributed by atoms with Gasteiger partial charge >= 0.3 is 0 Å². The molecule has 4 heteroatoms. The van der Waals surface area contributed by atoms with Crippen molar-refractivity contribution in [1.29, 1.82) is 0 Å². The van der Waals surface area contributed by atoms with Gasteiger partial charge in [-0.1, -0.05) is 44.2 Å². The maximum Gasteiger partial charge on any atom is 0.191 e. The molecule has 1 fully saturated rings. The average molecular weight is 331 g/mol. The molecule has 2 atom stereocenters. The highest BCUT2D eigenvalue weighted by Gasteiger charge is 2.25. The van der Waals surface area contributed by atoms with Gasteiger partial charge in [-0.25, -0.2) is 0 Å².